The first kappa shape index (κ1) is 17.8. The lowest BCUT2D eigenvalue weighted by atomic mass is 10.0. The van der Waals surface area contributed by atoms with E-state index in [1.807, 2.05) is 13.0 Å². The van der Waals surface area contributed by atoms with Gasteiger partial charge in [-0.1, -0.05) is 18.2 Å². The standard InChI is InChI=1S/C20H21F3N4/c1-11(15-4-3-5-16(18(15)21)19(22)23)24-20-17-10-27(13-6-7-13)9-8-14(17)12(2)25-26-20/h3-5,8-9,11,13,19H,6-7,10H2,1-2H3,(H,24,26)/t11-/m1/s1. The molecule has 0 bridgehead atoms. The minimum atomic E-state index is -2.85. The van der Waals surface area contributed by atoms with Gasteiger partial charge in [-0.3, -0.25) is 0 Å². The molecule has 142 valence electrons. The van der Waals surface area contributed by atoms with Crippen LogP contribution in [0.2, 0.25) is 0 Å². The van der Waals surface area contributed by atoms with Crippen LogP contribution < -0.4 is 5.32 Å². The fourth-order valence-electron chi connectivity index (χ4n) is 3.50. The molecule has 2 heterocycles. The SMILES string of the molecule is Cc1nnc(N[C@H](C)c2cccc(C(F)F)c2F)c2c1C=CN(C1CC1)C2. The Kier molecular flexibility index (Phi) is 4.53. The maximum absolute atomic E-state index is 14.5. The number of rotatable bonds is 5. The second kappa shape index (κ2) is 6.87. The van der Waals surface area contributed by atoms with E-state index in [9.17, 15) is 13.2 Å². The third-order valence-corrected chi connectivity index (χ3v) is 5.20. The van der Waals surface area contributed by atoms with E-state index in [4.69, 9.17) is 0 Å². The molecule has 1 saturated carbocycles. The van der Waals surface area contributed by atoms with E-state index < -0.39 is 23.8 Å². The molecule has 4 nitrogen and oxygen atoms in total. The Morgan fingerprint density at radius 1 is 1.19 bits per heavy atom. The van der Waals surface area contributed by atoms with Crippen LogP contribution in [0, 0.1) is 12.7 Å². The third-order valence-electron chi connectivity index (χ3n) is 5.20. The zero-order chi connectivity index (χ0) is 19.1. The fourth-order valence-corrected chi connectivity index (χ4v) is 3.50. The fraction of sp³-hybridized carbons (Fsp3) is 0.400. The number of nitrogens with one attached hydrogen (secondary N) is 1. The monoisotopic (exact) mass is 374 g/mol. The predicted molar refractivity (Wildman–Crippen MR) is 97.8 cm³/mol. The summed E-state index contributed by atoms with van der Waals surface area (Å²) in [6.45, 7) is 4.35. The summed E-state index contributed by atoms with van der Waals surface area (Å²) in [5.41, 5.74) is 2.46. The highest BCUT2D eigenvalue weighted by atomic mass is 19.3. The van der Waals surface area contributed by atoms with Crippen molar-refractivity contribution >= 4 is 11.9 Å². The Labute approximate surface area is 156 Å². The van der Waals surface area contributed by atoms with Crippen molar-refractivity contribution < 1.29 is 13.2 Å². The van der Waals surface area contributed by atoms with E-state index in [1.54, 1.807) is 6.92 Å². The number of nitrogens with zero attached hydrogens (tertiary/aromatic N) is 3. The van der Waals surface area contributed by atoms with Gasteiger partial charge >= 0.3 is 0 Å². The molecule has 7 heteroatoms. The zero-order valence-corrected chi connectivity index (χ0v) is 15.2. The van der Waals surface area contributed by atoms with Crippen molar-refractivity contribution in [3.05, 3.63) is 58.2 Å². The quantitative estimate of drug-likeness (QED) is 0.801. The minimum Gasteiger partial charge on any atom is -0.370 e. The van der Waals surface area contributed by atoms with E-state index in [2.05, 4.69) is 26.6 Å². The van der Waals surface area contributed by atoms with Gasteiger partial charge in [-0.25, -0.2) is 13.2 Å². The summed E-state index contributed by atoms with van der Waals surface area (Å²) < 4.78 is 40.5. The Bertz CT molecular complexity index is 893. The normalized spacial score (nSPS) is 17.2. The number of hydrogen-bond donors (Lipinski definition) is 1. The van der Waals surface area contributed by atoms with Crippen molar-refractivity contribution in [3.63, 3.8) is 0 Å². The van der Waals surface area contributed by atoms with Crippen molar-refractivity contribution in [3.8, 4) is 0 Å². The van der Waals surface area contributed by atoms with E-state index in [-0.39, 0.29) is 5.56 Å². The summed E-state index contributed by atoms with van der Waals surface area (Å²) in [5, 5.41) is 11.6. The first-order valence-corrected chi connectivity index (χ1v) is 9.08. The summed E-state index contributed by atoms with van der Waals surface area (Å²) in [6, 6.07) is 4.12. The van der Waals surface area contributed by atoms with Crippen LogP contribution in [0.4, 0.5) is 19.0 Å². The Morgan fingerprint density at radius 3 is 2.63 bits per heavy atom. The highest BCUT2D eigenvalue weighted by Crippen LogP contribution is 2.36. The molecule has 0 saturated heterocycles. The summed E-state index contributed by atoms with van der Waals surface area (Å²) in [7, 11) is 0. The second-order valence-corrected chi connectivity index (χ2v) is 7.16. The highest BCUT2D eigenvalue weighted by Gasteiger charge is 2.30. The molecule has 0 amide bonds. The lowest BCUT2D eigenvalue weighted by molar-refractivity contribution is 0.146. The van der Waals surface area contributed by atoms with Crippen molar-refractivity contribution in [2.45, 2.75) is 51.7 Å². The molecule has 0 spiro atoms. The predicted octanol–water partition coefficient (Wildman–Crippen LogP) is 4.98. The molecule has 1 aliphatic heterocycles. The molecule has 4 rings (SSSR count). The van der Waals surface area contributed by atoms with Crippen LogP contribution in [-0.2, 0) is 6.54 Å². The molecule has 0 unspecified atom stereocenters. The van der Waals surface area contributed by atoms with Crippen LogP contribution in [0.15, 0.2) is 24.4 Å². The van der Waals surface area contributed by atoms with Crippen LogP contribution in [0.3, 0.4) is 0 Å². The Balaban J connectivity index is 1.64. The van der Waals surface area contributed by atoms with Gasteiger partial charge in [-0.15, -0.1) is 5.10 Å². The zero-order valence-electron chi connectivity index (χ0n) is 15.2. The van der Waals surface area contributed by atoms with Gasteiger partial charge in [0.2, 0.25) is 0 Å². The van der Waals surface area contributed by atoms with Crippen LogP contribution >= 0.6 is 0 Å². The van der Waals surface area contributed by atoms with Gasteiger partial charge < -0.3 is 10.2 Å². The number of halogens is 3. The summed E-state index contributed by atoms with van der Waals surface area (Å²) in [6.07, 6.45) is 3.65. The molecule has 1 aromatic heterocycles. The largest absolute Gasteiger partial charge is 0.370 e. The maximum Gasteiger partial charge on any atom is 0.266 e. The number of hydrogen-bond acceptors (Lipinski definition) is 4. The maximum atomic E-state index is 14.5. The van der Waals surface area contributed by atoms with Crippen molar-refractivity contribution in [2.75, 3.05) is 5.32 Å². The van der Waals surface area contributed by atoms with Crippen LogP contribution in [0.25, 0.3) is 6.08 Å². The lowest BCUT2D eigenvalue weighted by Crippen LogP contribution is -2.25. The van der Waals surface area contributed by atoms with E-state index in [0.717, 1.165) is 22.9 Å². The molecule has 0 radical (unpaired) electrons. The number of benzene rings is 1. The minimum absolute atomic E-state index is 0.189. The summed E-state index contributed by atoms with van der Waals surface area (Å²) in [5.74, 6) is -0.305. The molecule has 2 aromatic rings. The number of fused-ring (bicyclic) bond motifs is 1. The van der Waals surface area contributed by atoms with Crippen molar-refractivity contribution in [2.24, 2.45) is 0 Å². The number of aromatic nitrogens is 2. The smallest absolute Gasteiger partial charge is 0.266 e. The van der Waals surface area contributed by atoms with Gasteiger partial charge in [-0.2, -0.15) is 5.10 Å². The van der Waals surface area contributed by atoms with Gasteiger partial charge in [0.25, 0.3) is 6.43 Å². The molecule has 1 atom stereocenters. The molecule has 1 aromatic carbocycles. The average molecular weight is 374 g/mol. The van der Waals surface area contributed by atoms with Gasteiger partial charge in [0.15, 0.2) is 5.82 Å². The number of aryl methyl sites for hydroxylation is 1. The first-order chi connectivity index (χ1) is 13.0. The molecule has 2 aliphatic rings. The molecule has 1 aliphatic carbocycles. The number of alkyl halides is 2. The third kappa shape index (κ3) is 3.38. The molecular formula is C20H21F3N4. The highest BCUT2D eigenvalue weighted by molar-refractivity contribution is 5.64. The summed E-state index contributed by atoms with van der Waals surface area (Å²) >= 11 is 0. The second-order valence-electron chi connectivity index (χ2n) is 7.16. The van der Waals surface area contributed by atoms with E-state index >= 15 is 0 Å². The average Bonchev–Trinajstić information content (AvgIpc) is 3.49. The molecule has 27 heavy (non-hydrogen) atoms. The van der Waals surface area contributed by atoms with E-state index in [0.29, 0.717) is 18.4 Å². The Morgan fingerprint density at radius 2 is 1.93 bits per heavy atom. The van der Waals surface area contributed by atoms with Gasteiger partial charge in [-0.05, 0) is 32.8 Å². The van der Waals surface area contributed by atoms with Gasteiger partial charge in [0, 0.05) is 35.5 Å². The lowest BCUT2D eigenvalue weighted by Gasteiger charge is -2.28. The van der Waals surface area contributed by atoms with Crippen molar-refractivity contribution in [1.29, 1.82) is 0 Å². The number of anilines is 1. The van der Waals surface area contributed by atoms with Crippen LogP contribution in [0.5, 0.6) is 0 Å². The summed E-state index contributed by atoms with van der Waals surface area (Å²) in [4.78, 5) is 2.28. The molecular weight excluding hydrogens is 353 g/mol. The van der Waals surface area contributed by atoms with Crippen LogP contribution in [-0.4, -0.2) is 21.1 Å². The van der Waals surface area contributed by atoms with Gasteiger partial charge in [0.05, 0.1) is 17.3 Å². The van der Waals surface area contributed by atoms with Gasteiger partial charge in [0.1, 0.15) is 5.82 Å². The van der Waals surface area contributed by atoms with Crippen LogP contribution in [0.1, 0.15) is 60.2 Å². The Hall–Kier alpha value is -2.57. The first-order valence-electron chi connectivity index (χ1n) is 9.08. The molecule has 1 fully saturated rings. The topological polar surface area (TPSA) is 41.1 Å². The van der Waals surface area contributed by atoms with E-state index in [1.165, 1.54) is 25.0 Å². The molecule has 1 N–H and O–H groups in total. The van der Waals surface area contributed by atoms with Crippen molar-refractivity contribution in [1.82, 2.24) is 15.1 Å².